The van der Waals surface area contributed by atoms with Gasteiger partial charge in [0.25, 0.3) is 0 Å². The third kappa shape index (κ3) is 7.26. The number of amides is 4. The number of rotatable bonds is 8. The average Bonchev–Trinajstić information content (AvgIpc) is 3.24. The van der Waals surface area contributed by atoms with E-state index >= 15 is 0 Å². The van der Waals surface area contributed by atoms with E-state index < -0.39 is 35.2 Å². The second kappa shape index (κ2) is 11.9. The Hall–Kier alpha value is -3.56. The largest absolute Gasteiger partial charge is 0.444 e. The smallest absolute Gasteiger partial charge is 0.408 e. The van der Waals surface area contributed by atoms with E-state index in [0.717, 1.165) is 29.3 Å². The molecule has 0 saturated carbocycles. The van der Waals surface area contributed by atoms with Crippen LogP contribution < -0.4 is 16.0 Å². The van der Waals surface area contributed by atoms with Gasteiger partial charge in [-0.25, -0.2) is 4.79 Å². The fourth-order valence-corrected chi connectivity index (χ4v) is 4.63. The van der Waals surface area contributed by atoms with Crippen LogP contribution in [0.1, 0.15) is 66.4 Å². The molecule has 1 aromatic heterocycles. The van der Waals surface area contributed by atoms with E-state index in [1.165, 1.54) is 0 Å². The summed E-state index contributed by atoms with van der Waals surface area (Å²) >= 11 is 0. The lowest BCUT2D eigenvalue weighted by atomic mass is 9.97. The highest BCUT2D eigenvalue weighted by molar-refractivity contribution is 5.96. The first-order valence-corrected chi connectivity index (χ1v) is 13.3. The van der Waals surface area contributed by atoms with Crippen LogP contribution in [0.25, 0.3) is 10.9 Å². The van der Waals surface area contributed by atoms with Gasteiger partial charge in [0.1, 0.15) is 23.2 Å². The number of nitrogens with zero attached hydrogens (tertiary/aromatic N) is 1. The fraction of sp³-hybridized carbons (Fsp3) is 0.571. The van der Waals surface area contributed by atoms with Crippen molar-refractivity contribution in [3.05, 3.63) is 36.0 Å². The molecular weight excluding hydrogens is 486 g/mol. The van der Waals surface area contributed by atoms with E-state index in [-0.39, 0.29) is 18.2 Å². The molecule has 208 valence electrons. The molecule has 0 spiro atoms. The number of carbonyl (C=O) groups excluding carboxylic acids is 4. The van der Waals surface area contributed by atoms with Gasteiger partial charge in [-0.3, -0.25) is 14.4 Å². The quantitative estimate of drug-likeness (QED) is 0.419. The summed E-state index contributed by atoms with van der Waals surface area (Å²) in [5.74, 6) is -1.05. The van der Waals surface area contributed by atoms with E-state index in [4.69, 9.17) is 4.74 Å². The lowest BCUT2D eigenvalue weighted by Crippen LogP contribution is -2.62. The van der Waals surface area contributed by atoms with Gasteiger partial charge in [-0.15, -0.1) is 0 Å². The Morgan fingerprint density at radius 3 is 2.50 bits per heavy atom. The summed E-state index contributed by atoms with van der Waals surface area (Å²) in [6, 6.07) is 6.19. The summed E-state index contributed by atoms with van der Waals surface area (Å²) in [6.45, 7) is 11.1. The average molecular weight is 528 g/mol. The molecule has 0 unspecified atom stereocenters. The first-order valence-electron chi connectivity index (χ1n) is 13.3. The van der Waals surface area contributed by atoms with Crippen molar-refractivity contribution in [2.75, 3.05) is 13.1 Å². The molecule has 1 aliphatic rings. The van der Waals surface area contributed by atoms with E-state index in [2.05, 4.69) is 20.9 Å². The number of fused-ring (bicyclic) bond motifs is 1. The Bertz CT molecular complexity index is 1170. The predicted molar refractivity (Wildman–Crippen MR) is 145 cm³/mol. The van der Waals surface area contributed by atoms with Gasteiger partial charge in [-0.1, -0.05) is 18.2 Å². The Kier molecular flexibility index (Phi) is 9.06. The monoisotopic (exact) mass is 527 g/mol. The number of alkyl carbamates (subject to hydrolysis) is 1. The number of H-pyrrole nitrogens is 1. The Balaban J connectivity index is 1.88. The molecule has 1 fully saturated rings. The molecule has 1 aliphatic heterocycles. The molecule has 1 saturated heterocycles. The number of nitrogens with one attached hydrogen (secondary N) is 4. The zero-order valence-electron chi connectivity index (χ0n) is 23.3. The van der Waals surface area contributed by atoms with E-state index in [9.17, 15) is 19.2 Å². The van der Waals surface area contributed by atoms with Crippen molar-refractivity contribution in [1.82, 2.24) is 25.8 Å². The molecule has 10 nitrogen and oxygen atoms in total. The molecule has 1 aromatic carbocycles. The number of hydrogen-bond acceptors (Lipinski definition) is 5. The van der Waals surface area contributed by atoms with Crippen LogP contribution in [0.4, 0.5) is 4.79 Å². The molecular formula is C28H41N5O5. The standard InChI is InChI=1S/C28H41N5O5/c1-7-29-23(34)22-14-10-11-15-33(22)24(35)21(16-18-17-30-20-13-9-8-12-19(18)20)31-25(36)28(5,6)32-26(37)38-27(2,3)4/h8-9,12-13,17,21-22,30H,7,10-11,14-16H2,1-6H3,(H,29,34)(H,31,36)(H,32,37)/t21-,22-/m1/s1. The van der Waals surface area contributed by atoms with E-state index in [0.29, 0.717) is 19.5 Å². The predicted octanol–water partition coefficient (Wildman–Crippen LogP) is 3.02. The summed E-state index contributed by atoms with van der Waals surface area (Å²) < 4.78 is 5.31. The van der Waals surface area contributed by atoms with Crippen molar-refractivity contribution in [1.29, 1.82) is 0 Å². The molecule has 0 radical (unpaired) electrons. The minimum absolute atomic E-state index is 0.190. The second-order valence-electron chi connectivity index (χ2n) is 11.3. The third-order valence-electron chi connectivity index (χ3n) is 6.52. The van der Waals surface area contributed by atoms with Crippen LogP contribution in [-0.4, -0.2) is 70.0 Å². The van der Waals surface area contributed by atoms with Crippen LogP contribution in [0.3, 0.4) is 0 Å². The number of para-hydroxylation sites is 1. The number of benzene rings is 1. The van der Waals surface area contributed by atoms with Crippen molar-refractivity contribution in [3.8, 4) is 0 Å². The lowest BCUT2D eigenvalue weighted by molar-refractivity contribution is -0.145. The van der Waals surface area contributed by atoms with Crippen LogP contribution >= 0.6 is 0 Å². The maximum atomic E-state index is 14.0. The van der Waals surface area contributed by atoms with Crippen molar-refractivity contribution in [2.45, 2.75) is 90.4 Å². The number of aromatic amines is 1. The van der Waals surface area contributed by atoms with Crippen molar-refractivity contribution in [2.24, 2.45) is 0 Å². The van der Waals surface area contributed by atoms with Gasteiger partial charge in [0.2, 0.25) is 17.7 Å². The SMILES string of the molecule is CCNC(=O)[C@H]1CCCCN1C(=O)[C@@H](Cc1c[nH]c2ccccc12)NC(=O)C(C)(C)NC(=O)OC(C)(C)C. The highest BCUT2D eigenvalue weighted by Gasteiger charge is 2.39. The summed E-state index contributed by atoms with van der Waals surface area (Å²) in [7, 11) is 0. The molecule has 2 atom stereocenters. The number of ether oxygens (including phenoxy) is 1. The minimum atomic E-state index is -1.36. The number of aromatic nitrogens is 1. The van der Waals surface area contributed by atoms with Crippen LogP contribution in [0.15, 0.2) is 30.5 Å². The number of likely N-dealkylation sites (tertiary alicyclic amines) is 1. The summed E-state index contributed by atoms with van der Waals surface area (Å²) in [4.78, 5) is 57.4. The molecule has 4 amide bonds. The molecule has 38 heavy (non-hydrogen) atoms. The van der Waals surface area contributed by atoms with Gasteiger partial charge in [-0.05, 0) is 72.4 Å². The number of hydrogen-bond donors (Lipinski definition) is 4. The fourth-order valence-electron chi connectivity index (χ4n) is 4.63. The van der Waals surface area contributed by atoms with Gasteiger partial charge in [0.05, 0.1) is 0 Å². The molecule has 4 N–H and O–H groups in total. The highest BCUT2D eigenvalue weighted by Crippen LogP contribution is 2.23. The minimum Gasteiger partial charge on any atom is -0.444 e. The van der Waals surface area contributed by atoms with Crippen LogP contribution in [0.5, 0.6) is 0 Å². The Morgan fingerprint density at radius 2 is 1.82 bits per heavy atom. The van der Waals surface area contributed by atoms with Crippen molar-refractivity contribution in [3.63, 3.8) is 0 Å². The second-order valence-corrected chi connectivity index (χ2v) is 11.3. The summed E-state index contributed by atoms with van der Waals surface area (Å²) in [5, 5.41) is 9.25. The van der Waals surface area contributed by atoms with Gasteiger partial charge in [0, 0.05) is 36.6 Å². The van der Waals surface area contributed by atoms with Gasteiger partial charge in [0.15, 0.2) is 0 Å². The topological polar surface area (TPSA) is 133 Å². The Morgan fingerprint density at radius 1 is 1.11 bits per heavy atom. The number of carbonyl (C=O) groups is 4. The summed E-state index contributed by atoms with van der Waals surface area (Å²) in [6.07, 6.45) is 3.51. The van der Waals surface area contributed by atoms with Crippen molar-refractivity contribution < 1.29 is 23.9 Å². The van der Waals surface area contributed by atoms with E-state index in [1.807, 2.05) is 37.4 Å². The normalized spacial score (nSPS) is 17.0. The van der Waals surface area contributed by atoms with Crippen molar-refractivity contribution >= 4 is 34.7 Å². The molecule has 2 heterocycles. The van der Waals surface area contributed by atoms with Gasteiger partial charge in [-0.2, -0.15) is 0 Å². The highest BCUT2D eigenvalue weighted by atomic mass is 16.6. The molecule has 3 rings (SSSR count). The first-order chi connectivity index (χ1) is 17.8. The van der Waals surface area contributed by atoms with Crippen LogP contribution in [-0.2, 0) is 25.5 Å². The van der Waals surface area contributed by atoms with Crippen LogP contribution in [0.2, 0.25) is 0 Å². The summed E-state index contributed by atoms with van der Waals surface area (Å²) in [5.41, 5.74) is -0.303. The lowest BCUT2D eigenvalue weighted by Gasteiger charge is -2.37. The van der Waals surface area contributed by atoms with Gasteiger partial charge >= 0.3 is 6.09 Å². The zero-order chi connectivity index (χ0) is 28.1. The maximum Gasteiger partial charge on any atom is 0.408 e. The molecule has 0 aliphatic carbocycles. The maximum absolute atomic E-state index is 14.0. The number of piperidine rings is 1. The first kappa shape index (κ1) is 29.0. The Labute approximate surface area is 224 Å². The molecule has 0 bridgehead atoms. The third-order valence-corrected chi connectivity index (χ3v) is 6.52. The molecule has 10 heteroatoms. The van der Waals surface area contributed by atoms with Gasteiger partial charge < -0.3 is 30.6 Å². The number of likely N-dealkylation sites (N-methyl/N-ethyl adjacent to an activating group) is 1. The van der Waals surface area contributed by atoms with Crippen LogP contribution in [0, 0.1) is 0 Å². The molecule has 2 aromatic rings. The zero-order valence-corrected chi connectivity index (χ0v) is 23.3. The van der Waals surface area contributed by atoms with E-state index in [1.54, 1.807) is 39.5 Å².